The predicted molar refractivity (Wildman–Crippen MR) is 88.3 cm³/mol. The van der Waals surface area contributed by atoms with E-state index in [4.69, 9.17) is 11.6 Å². The number of hydrogen-bond donors (Lipinski definition) is 1. The zero-order chi connectivity index (χ0) is 15.8. The summed E-state index contributed by atoms with van der Waals surface area (Å²) in [5.41, 5.74) is 1.49. The van der Waals surface area contributed by atoms with Crippen molar-refractivity contribution in [3.63, 3.8) is 0 Å². The van der Waals surface area contributed by atoms with Crippen LogP contribution >= 0.6 is 11.6 Å². The molecule has 0 spiro atoms. The number of H-pyrrole nitrogens is 1. The highest BCUT2D eigenvalue weighted by Crippen LogP contribution is 2.39. The normalized spacial score (nSPS) is 18.3. The molecule has 1 aliphatic heterocycles. The molecule has 2 fully saturated rings. The molecule has 3 heterocycles. The van der Waals surface area contributed by atoms with E-state index >= 15 is 0 Å². The average molecular weight is 333 g/mol. The molecule has 1 saturated heterocycles. The highest BCUT2D eigenvalue weighted by molar-refractivity contribution is 6.33. The molecule has 2 aliphatic rings. The second-order valence-corrected chi connectivity index (χ2v) is 6.33. The van der Waals surface area contributed by atoms with Gasteiger partial charge >= 0.3 is 0 Å². The number of anilines is 2. The number of aromatic nitrogens is 4. The molecule has 120 valence electrons. The summed E-state index contributed by atoms with van der Waals surface area (Å²) in [5.74, 6) is 1.61. The molecule has 2 aromatic heterocycles. The van der Waals surface area contributed by atoms with Gasteiger partial charge in [-0.3, -0.25) is 4.79 Å². The van der Waals surface area contributed by atoms with E-state index in [0.717, 1.165) is 37.7 Å². The zero-order valence-corrected chi connectivity index (χ0v) is 13.3. The third-order valence-corrected chi connectivity index (χ3v) is 4.76. The van der Waals surface area contributed by atoms with Crippen LogP contribution in [0.2, 0.25) is 5.02 Å². The SMILES string of the molecule is O=c1[nH]ncc(N2CCN(c3cc(C4CC4)ncn3)CC2)c1Cl. The minimum Gasteiger partial charge on any atom is -0.365 e. The van der Waals surface area contributed by atoms with Gasteiger partial charge in [-0.2, -0.15) is 5.10 Å². The van der Waals surface area contributed by atoms with E-state index in [-0.39, 0.29) is 10.6 Å². The van der Waals surface area contributed by atoms with Gasteiger partial charge in [0.2, 0.25) is 0 Å². The summed E-state index contributed by atoms with van der Waals surface area (Å²) in [6.45, 7) is 3.19. The number of halogens is 1. The van der Waals surface area contributed by atoms with Crippen LogP contribution in [0.15, 0.2) is 23.4 Å². The molecule has 0 radical (unpaired) electrons. The Balaban J connectivity index is 1.47. The van der Waals surface area contributed by atoms with E-state index in [0.29, 0.717) is 11.6 Å². The highest BCUT2D eigenvalue weighted by atomic mass is 35.5. The molecule has 8 heteroatoms. The van der Waals surface area contributed by atoms with Gasteiger partial charge in [-0.1, -0.05) is 11.6 Å². The Morgan fingerprint density at radius 1 is 1.13 bits per heavy atom. The van der Waals surface area contributed by atoms with Gasteiger partial charge in [0, 0.05) is 43.9 Å². The third kappa shape index (κ3) is 2.88. The van der Waals surface area contributed by atoms with Crippen molar-refractivity contribution in [3.05, 3.63) is 39.7 Å². The van der Waals surface area contributed by atoms with Gasteiger partial charge in [0.1, 0.15) is 17.2 Å². The molecule has 1 N–H and O–H groups in total. The molecule has 23 heavy (non-hydrogen) atoms. The lowest BCUT2D eigenvalue weighted by molar-refractivity contribution is 0.644. The first-order valence-corrected chi connectivity index (χ1v) is 8.15. The van der Waals surface area contributed by atoms with E-state index in [1.54, 1.807) is 12.5 Å². The summed E-state index contributed by atoms with van der Waals surface area (Å²) in [4.78, 5) is 24.7. The van der Waals surface area contributed by atoms with Crippen LogP contribution in [0.4, 0.5) is 11.5 Å². The van der Waals surface area contributed by atoms with Crippen LogP contribution in [0.5, 0.6) is 0 Å². The molecule has 0 atom stereocenters. The summed E-state index contributed by atoms with van der Waals surface area (Å²) in [6.07, 6.45) is 5.73. The van der Waals surface area contributed by atoms with Crippen molar-refractivity contribution in [3.8, 4) is 0 Å². The lowest BCUT2D eigenvalue weighted by atomic mass is 10.2. The van der Waals surface area contributed by atoms with Crippen molar-refractivity contribution in [2.24, 2.45) is 0 Å². The maximum atomic E-state index is 11.6. The first kappa shape index (κ1) is 14.4. The van der Waals surface area contributed by atoms with Crippen molar-refractivity contribution < 1.29 is 0 Å². The Morgan fingerprint density at radius 3 is 2.61 bits per heavy atom. The molecular weight excluding hydrogens is 316 g/mol. The molecule has 0 amide bonds. The average Bonchev–Trinajstić information content (AvgIpc) is 3.43. The van der Waals surface area contributed by atoms with Crippen LogP contribution in [0, 0.1) is 0 Å². The molecule has 1 aliphatic carbocycles. The number of rotatable bonds is 3. The Morgan fingerprint density at radius 2 is 1.87 bits per heavy atom. The fraction of sp³-hybridized carbons (Fsp3) is 0.467. The van der Waals surface area contributed by atoms with Gasteiger partial charge in [-0.25, -0.2) is 15.1 Å². The lowest BCUT2D eigenvalue weighted by Crippen LogP contribution is -2.47. The van der Waals surface area contributed by atoms with Crippen LogP contribution in [0.25, 0.3) is 0 Å². The minimum absolute atomic E-state index is 0.200. The first-order valence-electron chi connectivity index (χ1n) is 7.77. The molecule has 0 aromatic carbocycles. The summed E-state index contributed by atoms with van der Waals surface area (Å²) >= 11 is 6.08. The van der Waals surface area contributed by atoms with Crippen LogP contribution in [-0.4, -0.2) is 46.3 Å². The number of nitrogens with one attached hydrogen (secondary N) is 1. The van der Waals surface area contributed by atoms with Crippen molar-refractivity contribution in [2.75, 3.05) is 36.0 Å². The molecule has 4 rings (SSSR count). The van der Waals surface area contributed by atoms with Gasteiger partial charge < -0.3 is 9.80 Å². The van der Waals surface area contributed by atoms with E-state index in [1.165, 1.54) is 12.8 Å². The third-order valence-electron chi connectivity index (χ3n) is 4.39. The molecule has 7 nitrogen and oxygen atoms in total. The second kappa shape index (κ2) is 5.81. The van der Waals surface area contributed by atoms with E-state index in [1.807, 2.05) is 0 Å². The Kier molecular flexibility index (Phi) is 3.65. The number of aromatic amines is 1. The number of hydrogen-bond acceptors (Lipinski definition) is 6. The van der Waals surface area contributed by atoms with Crippen molar-refractivity contribution in [1.82, 2.24) is 20.2 Å². The predicted octanol–water partition coefficient (Wildman–Crippen LogP) is 1.42. The summed E-state index contributed by atoms with van der Waals surface area (Å²) < 4.78 is 0. The maximum Gasteiger partial charge on any atom is 0.285 e. The van der Waals surface area contributed by atoms with Crippen molar-refractivity contribution in [2.45, 2.75) is 18.8 Å². The van der Waals surface area contributed by atoms with E-state index < -0.39 is 0 Å². The van der Waals surface area contributed by atoms with Crippen LogP contribution in [-0.2, 0) is 0 Å². The summed E-state index contributed by atoms with van der Waals surface area (Å²) in [6, 6.07) is 2.11. The van der Waals surface area contributed by atoms with Gasteiger partial charge in [0.25, 0.3) is 5.56 Å². The van der Waals surface area contributed by atoms with Gasteiger partial charge in [0.05, 0.1) is 11.9 Å². The highest BCUT2D eigenvalue weighted by Gasteiger charge is 2.27. The molecule has 0 bridgehead atoms. The molecule has 0 unspecified atom stereocenters. The smallest absolute Gasteiger partial charge is 0.285 e. The Hall–Kier alpha value is -2.15. The topological polar surface area (TPSA) is 78.0 Å². The van der Waals surface area contributed by atoms with Gasteiger partial charge in [0.15, 0.2) is 0 Å². The minimum atomic E-state index is -0.350. The van der Waals surface area contributed by atoms with E-state index in [2.05, 4.69) is 36.0 Å². The molecule has 2 aromatic rings. The van der Waals surface area contributed by atoms with Crippen LogP contribution in [0.3, 0.4) is 0 Å². The van der Waals surface area contributed by atoms with E-state index in [9.17, 15) is 4.79 Å². The first-order chi connectivity index (χ1) is 11.2. The molecular formula is C15H17ClN6O. The maximum absolute atomic E-state index is 11.6. The van der Waals surface area contributed by atoms with Crippen molar-refractivity contribution >= 4 is 23.1 Å². The standard InChI is InChI=1S/C15H17ClN6O/c16-14-12(8-19-20-15(14)23)21-3-5-22(6-4-21)13-7-11(10-1-2-10)17-9-18-13/h7-10H,1-6H2,(H,20,23). The van der Waals surface area contributed by atoms with Crippen LogP contribution < -0.4 is 15.4 Å². The van der Waals surface area contributed by atoms with Crippen molar-refractivity contribution in [1.29, 1.82) is 0 Å². The lowest BCUT2D eigenvalue weighted by Gasteiger charge is -2.36. The number of piperazine rings is 1. The monoisotopic (exact) mass is 332 g/mol. The quantitative estimate of drug-likeness (QED) is 0.916. The Bertz CT molecular complexity index is 767. The fourth-order valence-electron chi connectivity index (χ4n) is 2.91. The zero-order valence-electron chi connectivity index (χ0n) is 12.6. The molecule has 1 saturated carbocycles. The van der Waals surface area contributed by atoms with Gasteiger partial charge in [-0.15, -0.1) is 0 Å². The summed E-state index contributed by atoms with van der Waals surface area (Å²) in [5, 5.41) is 6.38. The second-order valence-electron chi connectivity index (χ2n) is 5.95. The largest absolute Gasteiger partial charge is 0.365 e. The summed E-state index contributed by atoms with van der Waals surface area (Å²) in [7, 11) is 0. The van der Waals surface area contributed by atoms with Crippen LogP contribution in [0.1, 0.15) is 24.5 Å². The fourth-order valence-corrected chi connectivity index (χ4v) is 3.12. The number of nitrogens with zero attached hydrogens (tertiary/aromatic N) is 5. The Labute approximate surface area is 138 Å². The van der Waals surface area contributed by atoms with Gasteiger partial charge in [-0.05, 0) is 12.8 Å².